The van der Waals surface area contributed by atoms with Crippen molar-refractivity contribution in [2.24, 2.45) is 0 Å². The van der Waals surface area contributed by atoms with Crippen molar-refractivity contribution in [3.8, 4) is 0 Å². The molecule has 0 aliphatic rings. The Morgan fingerprint density at radius 1 is 1.33 bits per heavy atom. The average Bonchev–Trinajstić information content (AvgIpc) is 2.69. The third-order valence-electron chi connectivity index (χ3n) is 2.82. The van der Waals surface area contributed by atoms with Crippen LogP contribution in [0.1, 0.15) is 51.8 Å². The number of hydrogen-bond donors (Lipinski definition) is 1. The van der Waals surface area contributed by atoms with Crippen molar-refractivity contribution < 1.29 is 0 Å². The van der Waals surface area contributed by atoms with Crippen molar-refractivity contribution >= 4 is 0 Å². The van der Waals surface area contributed by atoms with Gasteiger partial charge in [-0.1, -0.05) is 20.8 Å². The minimum atomic E-state index is 0.603. The Morgan fingerprint density at radius 2 is 2.07 bits per heavy atom. The zero-order chi connectivity index (χ0) is 11.1. The Morgan fingerprint density at radius 3 is 2.67 bits per heavy atom. The van der Waals surface area contributed by atoms with Crippen molar-refractivity contribution in [2.45, 2.75) is 52.6 Å². The summed E-state index contributed by atoms with van der Waals surface area (Å²) in [5.41, 5.74) is 1.30. The predicted octanol–water partition coefficient (Wildman–Crippen LogP) is 2.74. The van der Waals surface area contributed by atoms with E-state index in [1.54, 1.807) is 0 Å². The molecule has 1 aromatic rings. The van der Waals surface area contributed by atoms with Crippen LogP contribution in [-0.2, 0) is 6.54 Å². The van der Waals surface area contributed by atoms with E-state index >= 15 is 0 Å². The van der Waals surface area contributed by atoms with E-state index in [1.165, 1.54) is 25.0 Å². The Hall–Kier alpha value is -0.830. The van der Waals surface area contributed by atoms with Gasteiger partial charge in [-0.2, -0.15) is 0 Å². The molecule has 1 N–H and O–H groups in total. The largest absolute Gasteiger partial charge is 0.330 e. The zero-order valence-corrected chi connectivity index (χ0v) is 10.2. The number of rotatable bonds is 7. The van der Waals surface area contributed by atoms with E-state index < -0.39 is 0 Å². The van der Waals surface area contributed by atoms with E-state index in [0.717, 1.165) is 13.1 Å². The van der Waals surface area contributed by atoms with Crippen LogP contribution in [0.5, 0.6) is 0 Å². The van der Waals surface area contributed by atoms with Gasteiger partial charge in [0.1, 0.15) is 0 Å². The molecular weight excluding hydrogens is 186 g/mol. The van der Waals surface area contributed by atoms with Crippen LogP contribution in [0.15, 0.2) is 12.5 Å². The van der Waals surface area contributed by atoms with Gasteiger partial charge in [-0.05, 0) is 25.8 Å². The molecule has 3 nitrogen and oxygen atoms in total. The lowest BCUT2D eigenvalue weighted by molar-refractivity contribution is 0.451. The third-order valence-corrected chi connectivity index (χ3v) is 2.82. The monoisotopic (exact) mass is 209 g/mol. The van der Waals surface area contributed by atoms with Crippen molar-refractivity contribution in [3.63, 3.8) is 0 Å². The molecule has 3 heteroatoms. The first-order valence-electron chi connectivity index (χ1n) is 6.04. The summed E-state index contributed by atoms with van der Waals surface area (Å²) in [4.78, 5) is 4.24. The average molecular weight is 209 g/mol. The number of nitrogens with zero attached hydrogens (tertiary/aromatic N) is 2. The summed E-state index contributed by atoms with van der Waals surface area (Å²) in [6.07, 6.45) is 7.46. The second-order valence-electron chi connectivity index (χ2n) is 3.94. The van der Waals surface area contributed by atoms with Gasteiger partial charge in [0.05, 0.1) is 12.0 Å². The van der Waals surface area contributed by atoms with Crippen LogP contribution in [0.4, 0.5) is 0 Å². The minimum absolute atomic E-state index is 0.603. The highest BCUT2D eigenvalue weighted by atomic mass is 15.1. The molecule has 0 aliphatic heterocycles. The highest BCUT2D eigenvalue weighted by Gasteiger charge is 2.09. The molecule has 15 heavy (non-hydrogen) atoms. The summed E-state index contributed by atoms with van der Waals surface area (Å²) in [6, 6.07) is 0.603. The lowest BCUT2D eigenvalue weighted by Gasteiger charge is -2.17. The van der Waals surface area contributed by atoms with Gasteiger partial charge < -0.3 is 9.88 Å². The van der Waals surface area contributed by atoms with Gasteiger partial charge in [-0.15, -0.1) is 0 Å². The molecule has 0 aliphatic carbocycles. The standard InChI is InChI=1S/C12H23N3/c1-4-7-13-8-12-9-14-10-15(12)11(5-2)6-3/h9-11,13H,4-8H2,1-3H3. The molecule has 1 rings (SSSR count). The summed E-state index contributed by atoms with van der Waals surface area (Å²) in [5, 5.41) is 3.42. The van der Waals surface area contributed by atoms with E-state index in [2.05, 4.69) is 35.6 Å². The lowest BCUT2D eigenvalue weighted by atomic mass is 10.1. The molecule has 1 heterocycles. The Balaban J connectivity index is 2.59. The summed E-state index contributed by atoms with van der Waals surface area (Å²) < 4.78 is 2.31. The van der Waals surface area contributed by atoms with Crippen LogP contribution >= 0.6 is 0 Å². The van der Waals surface area contributed by atoms with E-state index in [9.17, 15) is 0 Å². The van der Waals surface area contributed by atoms with Gasteiger partial charge in [-0.25, -0.2) is 4.98 Å². The van der Waals surface area contributed by atoms with Crippen LogP contribution < -0.4 is 5.32 Å². The first kappa shape index (κ1) is 12.2. The molecule has 0 fully saturated rings. The van der Waals surface area contributed by atoms with Crippen molar-refractivity contribution in [1.82, 2.24) is 14.9 Å². The number of imidazole rings is 1. The maximum atomic E-state index is 4.24. The predicted molar refractivity (Wildman–Crippen MR) is 63.8 cm³/mol. The van der Waals surface area contributed by atoms with Gasteiger partial charge in [0, 0.05) is 18.8 Å². The van der Waals surface area contributed by atoms with Crippen LogP contribution in [0.2, 0.25) is 0 Å². The van der Waals surface area contributed by atoms with Gasteiger partial charge in [0.2, 0.25) is 0 Å². The lowest BCUT2D eigenvalue weighted by Crippen LogP contribution is -2.18. The first-order valence-corrected chi connectivity index (χ1v) is 6.04. The van der Waals surface area contributed by atoms with Crippen molar-refractivity contribution in [3.05, 3.63) is 18.2 Å². The second-order valence-corrected chi connectivity index (χ2v) is 3.94. The highest BCUT2D eigenvalue weighted by molar-refractivity contribution is 5.00. The van der Waals surface area contributed by atoms with Crippen LogP contribution in [-0.4, -0.2) is 16.1 Å². The van der Waals surface area contributed by atoms with Crippen LogP contribution in [0, 0.1) is 0 Å². The SMILES string of the molecule is CCCNCc1cncn1C(CC)CC. The van der Waals surface area contributed by atoms with Gasteiger partial charge in [0.25, 0.3) is 0 Å². The minimum Gasteiger partial charge on any atom is -0.330 e. The van der Waals surface area contributed by atoms with E-state index in [1.807, 2.05) is 12.5 Å². The van der Waals surface area contributed by atoms with Crippen molar-refractivity contribution in [2.75, 3.05) is 6.54 Å². The first-order chi connectivity index (χ1) is 7.33. The molecule has 0 bridgehead atoms. The molecular formula is C12H23N3. The second kappa shape index (κ2) is 6.62. The zero-order valence-electron chi connectivity index (χ0n) is 10.2. The fraction of sp³-hybridized carbons (Fsp3) is 0.750. The molecule has 0 amide bonds. The topological polar surface area (TPSA) is 29.9 Å². The van der Waals surface area contributed by atoms with Crippen LogP contribution in [0.25, 0.3) is 0 Å². The van der Waals surface area contributed by atoms with E-state index in [4.69, 9.17) is 0 Å². The molecule has 86 valence electrons. The van der Waals surface area contributed by atoms with Crippen molar-refractivity contribution in [1.29, 1.82) is 0 Å². The fourth-order valence-electron chi connectivity index (χ4n) is 1.87. The molecule has 0 atom stereocenters. The normalized spacial score (nSPS) is 11.2. The van der Waals surface area contributed by atoms with E-state index in [0.29, 0.717) is 6.04 Å². The summed E-state index contributed by atoms with van der Waals surface area (Å²) in [6.45, 7) is 8.67. The van der Waals surface area contributed by atoms with Gasteiger partial charge in [0.15, 0.2) is 0 Å². The quantitative estimate of drug-likeness (QED) is 0.700. The third kappa shape index (κ3) is 3.34. The number of aromatic nitrogens is 2. The fourth-order valence-corrected chi connectivity index (χ4v) is 1.87. The van der Waals surface area contributed by atoms with Gasteiger partial charge >= 0.3 is 0 Å². The number of nitrogens with one attached hydrogen (secondary N) is 1. The molecule has 0 spiro atoms. The highest BCUT2D eigenvalue weighted by Crippen LogP contribution is 2.17. The Labute approximate surface area is 92.9 Å². The molecule has 0 saturated heterocycles. The summed E-state index contributed by atoms with van der Waals surface area (Å²) in [7, 11) is 0. The van der Waals surface area contributed by atoms with Crippen LogP contribution in [0.3, 0.4) is 0 Å². The Kier molecular flexibility index (Phi) is 5.40. The summed E-state index contributed by atoms with van der Waals surface area (Å²) in [5.74, 6) is 0. The molecule has 0 saturated carbocycles. The smallest absolute Gasteiger partial charge is 0.0951 e. The Bertz CT molecular complexity index is 264. The molecule has 0 aromatic carbocycles. The van der Waals surface area contributed by atoms with Gasteiger partial charge in [-0.3, -0.25) is 0 Å². The summed E-state index contributed by atoms with van der Waals surface area (Å²) >= 11 is 0. The van der Waals surface area contributed by atoms with E-state index in [-0.39, 0.29) is 0 Å². The molecule has 1 aromatic heterocycles. The maximum absolute atomic E-state index is 4.24. The molecule has 0 unspecified atom stereocenters. The molecule has 0 radical (unpaired) electrons. The maximum Gasteiger partial charge on any atom is 0.0951 e. The number of hydrogen-bond acceptors (Lipinski definition) is 2.